The van der Waals surface area contributed by atoms with Gasteiger partial charge in [0.25, 0.3) is 0 Å². The highest BCUT2D eigenvalue weighted by atomic mass is 16.5. The molecule has 1 unspecified atom stereocenters. The molecule has 0 saturated carbocycles. The maximum atomic E-state index is 11.9. The van der Waals surface area contributed by atoms with E-state index >= 15 is 0 Å². The lowest BCUT2D eigenvalue weighted by molar-refractivity contribution is -0.148. The molecular formula is C12H22N2O4. The Kier molecular flexibility index (Phi) is 6.07. The first-order chi connectivity index (χ1) is 8.52. The zero-order valence-corrected chi connectivity index (χ0v) is 11.1. The number of ether oxygens (including phenoxy) is 1. The van der Waals surface area contributed by atoms with Crippen LogP contribution in [0.1, 0.15) is 19.8 Å². The van der Waals surface area contributed by atoms with Crippen molar-refractivity contribution in [3.8, 4) is 0 Å². The zero-order valence-electron chi connectivity index (χ0n) is 11.1. The van der Waals surface area contributed by atoms with Crippen LogP contribution in [0.15, 0.2) is 0 Å². The summed E-state index contributed by atoms with van der Waals surface area (Å²) in [6.45, 7) is 3.61. The summed E-state index contributed by atoms with van der Waals surface area (Å²) in [6.07, 6.45) is 1.35. The van der Waals surface area contributed by atoms with Crippen LogP contribution in [0.5, 0.6) is 0 Å². The van der Waals surface area contributed by atoms with Gasteiger partial charge in [-0.15, -0.1) is 0 Å². The number of hydrogen-bond donors (Lipinski definition) is 1. The van der Waals surface area contributed by atoms with Gasteiger partial charge in [-0.1, -0.05) is 0 Å². The maximum absolute atomic E-state index is 11.9. The van der Waals surface area contributed by atoms with Crippen LogP contribution >= 0.6 is 0 Å². The van der Waals surface area contributed by atoms with Gasteiger partial charge in [-0.2, -0.15) is 0 Å². The fourth-order valence-electron chi connectivity index (χ4n) is 1.98. The second-order valence-corrected chi connectivity index (χ2v) is 4.59. The van der Waals surface area contributed by atoms with Crippen LogP contribution in [0, 0.1) is 0 Å². The Labute approximate surface area is 107 Å². The number of rotatable bonds is 5. The Bertz CT molecular complexity index is 296. The normalized spacial score (nSPS) is 20.5. The first-order valence-electron chi connectivity index (χ1n) is 6.33. The second-order valence-electron chi connectivity index (χ2n) is 4.59. The highest BCUT2D eigenvalue weighted by Gasteiger charge is 2.22. The van der Waals surface area contributed by atoms with E-state index in [1.807, 2.05) is 4.90 Å². The minimum atomic E-state index is -0.396. The van der Waals surface area contributed by atoms with Crippen LogP contribution in [0.2, 0.25) is 0 Å². The van der Waals surface area contributed by atoms with E-state index in [0.717, 1.165) is 19.4 Å². The third-order valence-electron chi connectivity index (χ3n) is 2.94. The summed E-state index contributed by atoms with van der Waals surface area (Å²) in [6, 6.07) is 0. The molecule has 0 radical (unpaired) electrons. The van der Waals surface area contributed by atoms with E-state index in [-0.39, 0.29) is 25.1 Å². The number of aliphatic hydroxyl groups excluding tert-OH is 1. The fourth-order valence-corrected chi connectivity index (χ4v) is 1.98. The molecule has 0 aromatic carbocycles. The molecule has 1 saturated heterocycles. The van der Waals surface area contributed by atoms with E-state index in [2.05, 4.69) is 0 Å². The average molecular weight is 258 g/mol. The number of likely N-dealkylation sites (tertiary alicyclic amines) is 1. The van der Waals surface area contributed by atoms with E-state index in [4.69, 9.17) is 4.74 Å². The zero-order chi connectivity index (χ0) is 13.5. The summed E-state index contributed by atoms with van der Waals surface area (Å²) in [5, 5.41) is 9.51. The molecule has 0 spiro atoms. The number of β-amino-alcohol motifs (C(OH)–C–C–N with tert-alkyl or cyclic N) is 1. The van der Waals surface area contributed by atoms with Crippen LogP contribution in [-0.2, 0) is 14.3 Å². The Hall–Kier alpha value is -1.14. The van der Waals surface area contributed by atoms with Crippen LogP contribution in [0.25, 0.3) is 0 Å². The standard InChI is InChI=1S/C12H22N2O4/c1-3-18-12(17)9-13(2)11(16)8-14-6-4-5-10(15)7-14/h10,15H,3-9H2,1-2H3. The molecule has 1 heterocycles. The summed E-state index contributed by atoms with van der Waals surface area (Å²) < 4.78 is 4.78. The molecule has 1 N–H and O–H groups in total. The molecule has 1 rings (SSSR count). The lowest BCUT2D eigenvalue weighted by atomic mass is 10.1. The fraction of sp³-hybridized carbons (Fsp3) is 0.833. The second kappa shape index (κ2) is 7.33. The van der Waals surface area contributed by atoms with E-state index in [1.54, 1.807) is 14.0 Å². The molecule has 1 fully saturated rings. The third kappa shape index (κ3) is 5.01. The van der Waals surface area contributed by atoms with Gasteiger partial charge in [-0.25, -0.2) is 0 Å². The van der Waals surface area contributed by atoms with Crippen LogP contribution < -0.4 is 0 Å². The minimum absolute atomic E-state index is 0.0247. The topological polar surface area (TPSA) is 70.1 Å². The molecule has 1 aliphatic rings. The Balaban J connectivity index is 2.32. The van der Waals surface area contributed by atoms with Crippen molar-refractivity contribution in [2.75, 3.05) is 39.8 Å². The molecule has 104 valence electrons. The van der Waals surface area contributed by atoms with Gasteiger partial charge in [0, 0.05) is 13.6 Å². The van der Waals surface area contributed by atoms with E-state index in [1.165, 1.54) is 4.90 Å². The lowest BCUT2D eigenvalue weighted by Crippen LogP contribution is -2.45. The molecule has 18 heavy (non-hydrogen) atoms. The first-order valence-corrected chi connectivity index (χ1v) is 6.33. The van der Waals surface area contributed by atoms with Gasteiger partial charge < -0.3 is 14.7 Å². The first kappa shape index (κ1) is 14.9. The Morgan fingerprint density at radius 3 is 2.83 bits per heavy atom. The maximum Gasteiger partial charge on any atom is 0.325 e. The SMILES string of the molecule is CCOC(=O)CN(C)C(=O)CN1CCCC(O)C1. The Morgan fingerprint density at radius 2 is 2.22 bits per heavy atom. The smallest absolute Gasteiger partial charge is 0.325 e. The molecule has 1 aliphatic heterocycles. The van der Waals surface area contributed by atoms with Gasteiger partial charge in [0.1, 0.15) is 6.54 Å². The number of piperidine rings is 1. The largest absolute Gasteiger partial charge is 0.465 e. The van der Waals surface area contributed by atoms with Crippen LogP contribution in [0.4, 0.5) is 0 Å². The summed E-state index contributed by atoms with van der Waals surface area (Å²) >= 11 is 0. The molecular weight excluding hydrogens is 236 g/mol. The number of aliphatic hydroxyl groups is 1. The molecule has 1 atom stereocenters. The summed E-state index contributed by atoms with van der Waals surface area (Å²) in [7, 11) is 1.58. The van der Waals surface area contributed by atoms with Crippen molar-refractivity contribution in [1.29, 1.82) is 0 Å². The number of nitrogens with zero attached hydrogens (tertiary/aromatic N) is 2. The average Bonchev–Trinajstić information content (AvgIpc) is 2.29. The van der Waals surface area contributed by atoms with Crippen molar-refractivity contribution in [2.45, 2.75) is 25.9 Å². The molecule has 0 aromatic rings. The summed E-state index contributed by atoms with van der Waals surface area (Å²) in [5.74, 6) is -0.524. The number of carbonyl (C=O) groups excluding carboxylic acids is 2. The van der Waals surface area contributed by atoms with Crippen molar-refractivity contribution >= 4 is 11.9 Å². The number of esters is 1. The van der Waals surface area contributed by atoms with Crippen LogP contribution in [-0.4, -0.2) is 72.7 Å². The quantitative estimate of drug-likeness (QED) is 0.671. The van der Waals surface area contributed by atoms with E-state index in [0.29, 0.717) is 13.2 Å². The van der Waals surface area contributed by atoms with Crippen molar-refractivity contribution in [2.24, 2.45) is 0 Å². The number of amides is 1. The monoisotopic (exact) mass is 258 g/mol. The minimum Gasteiger partial charge on any atom is -0.465 e. The Morgan fingerprint density at radius 1 is 1.50 bits per heavy atom. The van der Waals surface area contributed by atoms with Crippen molar-refractivity contribution < 1.29 is 19.4 Å². The predicted molar refractivity (Wildman–Crippen MR) is 66.0 cm³/mol. The number of carbonyl (C=O) groups is 2. The van der Waals surface area contributed by atoms with Gasteiger partial charge in [0.2, 0.25) is 5.91 Å². The summed E-state index contributed by atoms with van der Waals surface area (Å²) in [4.78, 5) is 26.4. The van der Waals surface area contributed by atoms with Crippen molar-refractivity contribution in [3.05, 3.63) is 0 Å². The van der Waals surface area contributed by atoms with Gasteiger partial charge in [-0.3, -0.25) is 14.5 Å². The molecule has 0 aliphatic carbocycles. The van der Waals surface area contributed by atoms with Crippen LogP contribution in [0.3, 0.4) is 0 Å². The predicted octanol–water partition coefficient (Wildman–Crippen LogP) is -0.535. The third-order valence-corrected chi connectivity index (χ3v) is 2.94. The lowest BCUT2D eigenvalue weighted by Gasteiger charge is -2.30. The molecule has 0 aromatic heterocycles. The molecule has 1 amide bonds. The highest BCUT2D eigenvalue weighted by Crippen LogP contribution is 2.09. The summed E-state index contributed by atoms with van der Waals surface area (Å²) in [5.41, 5.74) is 0. The highest BCUT2D eigenvalue weighted by molar-refractivity contribution is 5.83. The van der Waals surface area contributed by atoms with E-state index in [9.17, 15) is 14.7 Å². The van der Waals surface area contributed by atoms with Gasteiger partial charge >= 0.3 is 5.97 Å². The van der Waals surface area contributed by atoms with Crippen molar-refractivity contribution in [1.82, 2.24) is 9.80 Å². The number of likely N-dealkylation sites (N-methyl/N-ethyl adjacent to an activating group) is 1. The molecule has 0 bridgehead atoms. The van der Waals surface area contributed by atoms with Gasteiger partial charge in [0.05, 0.1) is 19.3 Å². The van der Waals surface area contributed by atoms with Crippen molar-refractivity contribution in [3.63, 3.8) is 0 Å². The van der Waals surface area contributed by atoms with Gasteiger partial charge in [-0.05, 0) is 26.3 Å². The molecule has 6 nitrogen and oxygen atoms in total. The number of hydrogen-bond acceptors (Lipinski definition) is 5. The van der Waals surface area contributed by atoms with E-state index < -0.39 is 5.97 Å². The van der Waals surface area contributed by atoms with Gasteiger partial charge in [0.15, 0.2) is 0 Å². The molecule has 6 heteroatoms.